The van der Waals surface area contributed by atoms with Crippen LogP contribution in [0.25, 0.3) is 0 Å². The van der Waals surface area contributed by atoms with Gasteiger partial charge in [0, 0.05) is 26.2 Å². The van der Waals surface area contributed by atoms with Crippen molar-refractivity contribution in [3.8, 4) is 0 Å². The summed E-state index contributed by atoms with van der Waals surface area (Å²) in [6, 6.07) is 0. The largest absolute Gasteiger partial charge is 0.396 e. The molecule has 0 saturated carbocycles. The summed E-state index contributed by atoms with van der Waals surface area (Å²) < 4.78 is 4.49. The minimum atomic E-state index is -0.255. The molecule has 1 saturated heterocycles. The topological polar surface area (TPSA) is 91.5 Å². The van der Waals surface area contributed by atoms with Crippen LogP contribution < -0.4 is 5.32 Å². The number of aromatic nitrogens is 2. The summed E-state index contributed by atoms with van der Waals surface area (Å²) in [5, 5.41) is 19.1. The van der Waals surface area contributed by atoms with Gasteiger partial charge in [0.2, 0.25) is 0 Å². The highest BCUT2D eigenvalue weighted by molar-refractivity contribution is 5.92. The Bertz CT molecular complexity index is 421. The molecule has 0 aromatic carbocycles. The molecule has 1 fully saturated rings. The second-order valence-electron chi connectivity index (χ2n) is 4.95. The third kappa shape index (κ3) is 3.74. The number of hydrogen-bond acceptors (Lipinski definition) is 6. The van der Waals surface area contributed by atoms with E-state index in [1.54, 1.807) is 6.92 Å². The zero-order valence-corrected chi connectivity index (χ0v) is 11.1. The monoisotopic (exact) mass is 268 g/mol. The van der Waals surface area contributed by atoms with Crippen molar-refractivity contribution in [1.82, 2.24) is 20.5 Å². The lowest BCUT2D eigenvalue weighted by molar-refractivity contribution is 0.0921. The van der Waals surface area contributed by atoms with E-state index in [4.69, 9.17) is 5.11 Å². The number of nitrogens with one attached hydrogen (secondary N) is 1. The van der Waals surface area contributed by atoms with Gasteiger partial charge < -0.3 is 15.3 Å². The van der Waals surface area contributed by atoms with Gasteiger partial charge in [-0.1, -0.05) is 5.16 Å². The van der Waals surface area contributed by atoms with Gasteiger partial charge in [0.25, 0.3) is 5.91 Å². The molecule has 106 valence electrons. The number of aliphatic hydroxyl groups is 1. The number of aryl methyl sites for hydroxylation is 1. The lowest BCUT2D eigenvalue weighted by Gasteiger charge is -2.31. The molecule has 0 bridgehead atoms. The smallest absolute Gasteiger partial charge is 0.275 e. The van der Waals surface area contributed by atoms with E-state index in [0.29, 0.717) is 18.2 Å². The molecule has 0 aliphatic carbocycles. The highest BCUT2D eigenvalue weighted by Crippen LogP contribution is 2.14. The summed E-state index contributed by atoms with van der Waals surface area (Å²) in [7, 11) is 0. The van der Waals surface area contributed by atoms with E-state index < -0.39 is 0 Å². The van der Waals surface area contributed by atoms with Gasteiger partial charge in [0.05, 0.1) is 0 Å². The Hall–Kier alpha value is -1.47. The maximum Gasteiger partial charge on any atom is 0.275 e. The summed E-state index contributed by atoms with van der Waals surface area (Å²) in [6.07, 6.45) is 2.19. The third-order valence-electron chi connectivity index (χ3n) is 3.44. The lowest BCUT2D eigenvalue weighted by atomic mass is 9.99. The molecule has 2 heterocycles. The Kier molecular flexibility index (Phi) is 4.86. The number of likely N-dealkylation sites (tertiary alicyclic amines) is 1. The van der Waals surface area contributed by atoms with E-state index in [1.165, 1.54) is 0 Å². The number of amides is 1. The standard InChI is InChI=1S/C12H20N4O3/c1-9-11(15-19-14-9)12(18)13-4-6-16-5-2-3-10(7-16)8-17/h10,17H,2-8H2,1H3,(H,13,18)/t10-/m0/s1. The average molecular weight is 268 g/mol. The summed E-state index contributed by atoms with van der Waals surface area (Å²) in [6.45, 7) is 5.19. The van der Waals surface area contributed by atoms with Gasteiger partial charge in [-0.25, -0.2) is 4.63 Å². The number of piperidine rings is 1. The van der Waals surface area contributed by atoms with Gasteiger partial charge in [-0.15, -0.1) is 0 Å². The highest BCUT2D eigenvalue weighted by Gasteiger charge is 2.19. The Morgan fingerprint density at radius 2 is 2.42 bits per heavy atom. The van der Waals surface area contributed by atoms with Crippen molar-refractivity contribution in [2.24, 2.45) is 5.92 Å². The van der Waals surface area contributed by atoms with Crippen LogP contribution in [0.1, 0.15) is 29.0 Å². The van der Waals surface area contributed by atoms with Crippen LogP contribution in [-0.2, 0) is 0 Å². The van der Waals surface area contributed by atoms with Crippen LogP contribution >= 0.6 is 0 Å². The molecule has 1 aromatic rings. The number of aliphatic hydroxyl groups excluding tert-OH is 1. The van der Waals surface area contributed by atoms with Crippen molar-refractivity contribution in [2.45, 2.75) is 19.8 Å². The van der Waals surface area contributed by atoms with Crippen molar-refractivity contribution in [2.75, 3.05) is 32.8 Å². The second-order valence-corrected chi connectivity index (χ2v) is 4.95. The molecule has 1 aromatic heterocycles. The molecule has 0 unspecified atom stereocenters. The highest BCUT2D eigenvalue weighted by atomic mass is 16.6. The van der Waals surface area contributed by atoms with Crippen molar-refractivity contribution in [3.63, 3.8) is 0 Å². The molecule has 1 aliphatic rings. The molecule has 0 radical (unpaired) electrons. The van der Waals surface area contributed by atoms with Crippen LogP contribution in [0.3, 0.4) is 0 Å². The molecule has 2 rings (SSSR count). The van der Waals surface area contributed by atoms with Crippen LogP contribution in [-0.4, -0.2) is 59.0 Å². The molecular weight excluding hydrogens is 248 g/mol. The van der Waals surface area contributed by atoms with Crippen LogP contribution in [0.4, 0.5) is 0 Å². The number of carbonyl (C=O) groups is 1. The first kappa shape index (κ1) is 14.0. The van der Waals surface area contributed by atoms with Gasteiger partial charge in [0.15, 0.2) is 5.69 Å². The van der Waals surface area contributed by atoms with Crippen molar-refractivity contribution >= 4 is 5.91 Å². The fourth-order valence-electron chi connectivity index (χ4n) is 2.35. The quantitative estimate of drug-likeness (QED) is 0.769. The number of carbonyl (C=O) groups excluding carboxylic acids is 1. The minimum Gasteiger partial charge on any atom is -0.396 e. The Morgan fingerprint density at radius 1 is 1.58 bits per heavy atom. The van der Waals surface area contributed by atoms with E-state index in [0.717, 1.165) is 32.5 Å². The predicted molar refractivity (Wildman–Crippen MR) is 67.6 cm³/mol. The maximum atomic E-state index is 11.8. The second kappa shape index (κ2) is 6.63. The minimum absolute atomic E-state index is 0.242. The summed E-state index contributed by atoms with van der Waals surface area (Å²) >= 11 is 0. The van der Waals surface area contributed by atoms with Crippen LogP contribution in [0.5, 0.6) is 0 Å². The van der Waals surface area contributed by atoms with Crippen LogP contribution in [0, 0.1) is 12.8 Å². The van der Waals surface area contributed by atoms with Crippen LogP contribution in [0.15, 0.2) is 4.63 Å². The lowest BCUT2D eigenvalue weighted by Crippen LogP contribution is -2.41. The Morgan fingerprint density at radius 3 is 3.11 bits per heavy atom. The Balaban J connectivity index is 1.72. The molecule has 19 heavy (non-hydrogen) atoms. The fraction of sp³-hybridized carbons (Fsp3) is 0.750. The van der Waals surface area contributed by atoms with Crippen molar-refractivity contribution < 1.29 is 14.5 Å². The molecule has 0 spiro atoms. The van der Waals surface area contributed by atoms with E-state index in [-0.39, 0.29) is 18.2 Å². The predicted octanol–water partition coefficient (Wildman–Crippen LogP) is -0.188. The molecular formula is C12H20N4O3. The zero-order chi connectivity index (χ0) is 13.7. The zero-order valence-electron chi connectivity index (χ0n) is 11.1. The maximum absolute atomic E-state index is 11.8. The van der Waals surface area contributed by atoms with Gasteiger partial charge in [-0.3, -0.25) is 4.79 Å². The molecule has 1 aliphatic heterocycles. The molecule has 2 N–H and O–H groups in total. The molecule has 7 heteroatoms. The first-order valence-corrected chi connectivity index (χ1v) is 6.61. The molecule has 1 amide bonds. The fourth-order valence-corrected chi connectivity index (χ4v) is 2.35. The molecule has 1 atom stereocenters. The summed E-state index contributed by atoms with van der Waals surface area (Å²) in [5.41, 5.74) is 0.739. The van der Waals surface area contributed by atoms with Gasteiger partial charge in [-0.05, 0) is 37.4 Å². The van der Waals surface area contributed by atoms with Gasteiger partial charge in [-0.2, -0.15) is 0 Å². The normalized spacial score (nSPS) is 20.4. The summed E-state index contributed by atoms with van der Waals surface area (Å²) in [5.74, 6) is 0.112. The molecule has 7 nitrogen and oxygen atoms in total. The first-order chi connectivity index (χ1) is 9.20. The summed E-state index contributed by atoms with van der Waals surface area (Å²) in [4.78, 5) is 14.0. The average Bonchev–Trinajstić information content (AvgIpc) is 2.85. The van der Waals surface area contributed by atoms with Gasteiger partial charge in [0.1, 0.15) is 5.69 Å². The van der Waals surface area contributed by atoms with Crippen molar-refractivity contribution in [3.05, 3.63) is 11.4 Å². The number of nitrogens with zero attached hydrogens (tertiary/aromatic N) is 3. The van der Waals surface area contributed by atoms with E-state index >= 15 is 0 Å². The SMILES string of the molecule is Cc1nonc1C(=O)NCCN1CCC[C@H](CO)C1. The number of rotatable bonds is 5. The van der Waals surface area contributed by atoms with E-state index in [1.807, 2.05) is 0 Å². The number of hydrogen-bond donors (Lipinski definition) is 2. The van der Waals surface area contributed by atoms with Gasteiger partial charge >= 0.3 is 0 Å². The van der Waals surface area contributed by atoms with E-state index in [9.17, 15) is 4.79 Å². The van der Waals surface area contributed by atoms with E-state index in [2.05, 4.69) is 25.2 Å². The first-order valence-electron chi connectivity index (χ1n) is 6.61. The third-order valence-corrected chi connectivity index (χ3v) is 3.44. The van der Waals surface area contributed by atoms with Crippen LogP contribution in [0.2, 0.25) is 0 Å². The Labute approximate surface area is 111 Å². The van der Waals surface area contributed by atoms with Crippen molar-refractivity contribution in [1.29, 1.82) is 0 Å².